The zero-order valence-corrected chi connectivity index (χ0v) is 12.6. The molecular weight excluding hydrogens is 266 g/mol. The zero-order chi connectivity index (χ0) is 13.9. The Kier molecular flexibility index (Phi) is 4.15. The standard InChI is InChI=1S/C16H21N3S/c1-2-16-18-8-13(20-16)9-19-10-14(15(17)11-19)12-6-4-3-5-7-12/h3-8,14-15H,2,9-11,17H2,1H3/t14-,15+/m0/s1. The molecule has 1 saturated heterocycles. The maximum Gasteiger partial charge on any atom is 0.0925 e. The first-order valence-corrected chi connectivity index (χ1v) is 8.04. The van der Waals surface area contributed by atoms with Crippen LogP contribution in [-0.4, -0.2) is 29.0 Å². The van der Waals surface area contributed by atoms with Gasteiger partial charge in [-0.15, -0.1) is 11.3 Å². The quantitative estimate of drug-likeness (QED) is 0.940. The van der Waals surface area contributed by atoms with E-state index in [-0.39, 0.29) is 6.04 Å². The van der Waals surface area contributed by atoms with Crippen molar-refractivity contribution in [2.24, 2.45) is 5.73 Å². The number of nitrogens with two attached hydrogens (primary N) is 1. The Hall–Kier alpha value is -1.23. The SMILES string of the molecule is CCc1ncc(CN2C[C@@H](N)[C@H](c3ccccc3)C2)s1. The molecule has 1 aliphatic rings. The molecule has 4 heteroatoms. The van der Waals surface area contributed by atoms with E-state index >= 15 is 0 Å². The van der Waals surface area contributed by atoms with Gasteiger partial charge in [0.2, 0.25) is 0 Å². The lowest BCUT2D eigenvalue weighted by atomic mass is 9.95. The molecule has 0 spiro atoms. The first-order chi connectivity index (χ1) is 9.76. The third-order valence-electron chi connectivity index (χ3n) is 3.95. The number of aromatic nitrogens is 1. The summed E-state index contributed by atoms with van der Waals surface area (Å²) in [4.78, 5) is 8.24. The van der Waals surface area contributed by atoms with Crippen LogP contribution in [0.3, 0.4) is 0 Å². The minimum atomic E-state index is 0.232. The van der Waals surface area contributed by atoms with Gasteiger partial charge in [0, 0.05) is 42.7 Å². The van der Waals surface area contributed by atoms with E-state index in [0.29, 0.717) is 5.92 Å². The highest BCUT2D eigenvalue weighted by Crippen LogP contribution is 2.28. The summed E-state index contributed by atoms with van der Waals surface area (Å²) in [5.41, 5.74) is 7.69. The van der Waals surface area contributed by atoms with Crippen molar-refractivity contribution in [1.29, 1.82) is 0 Å². The fraction of sp³-hybridized carbons (Fsp3) is 0.438. The molecule has 0 bridgehead atoms. The molecule has 1 aliphatic heterocycles. The summed E-state index contributed by atoms with van der Waals surface area (Å²) in [5.74, 6) is 0.453. The normalized spacial score (nSPS) is 23.3. The van der Waals surface area contributed by atoms with Crippen LogP contribution >= 0.6 is 11.3 Å². The Balaban J connectivity index is 1.66. The van der Waals surface area contributed by atoms with Crippen molar-refractivity contribution in [3.8, 4) is 0 Å². The second kappa shape index (κ2) is 6.04. The molecule has 2 heterocycles. The Bertz CT molecular complexity index is 552. The van der Waals surface area contributed by atoms with Gasteiger partial charge in [0.25, 0.3) is 0 Å². The summed E-state index contributed by atoms with van der Waals surface area (Å²) in [7, 11) is 0. The van der Waals surface area contributed by atoms with Gasteiger partial charge in [-0.05, 0) is 12.0 Å². The minimum Gasteiger partial charge on any atom is -0.326 e. The van der Waals surface area contributed by atoms with Crippen molar-refractivity contribution in [2.75, 3.05) is 13.1 Å². The largest absolute Gasteiger partial charge is 0.326 e. The van der Waals surface area contributed by atoms with Crippen LogP contribution in [0.4, 0.5) is 0 Å². The first kappa shape index (κ1) is 13.7. The van der Waals surface area contributed by atoms with Crippen molar-refractivity contribution in [2.45, 2.75) is 31.8 Å². The van der Waals surface area contributed by atoms with Gasteiger partial charge in [0.05, 0.1) is 5.01 Å². The van der Waals surface area contributed by atoms with Crippen molar-refractivity contribution in [3.63, 3.8) is 0 Å². The van der Waals surface area contributed by atoms with Crippen LogP contribution in [0.15, 0.2) is 36.5 Å². The summed E-state index contributed by atoms with van der Waals surface area (Å²) in [6, 6.07) is 10.9. The third kappa shape index (κ3) is 2.92. The van der Waals surface area contributed by atoms with Gasteiger partial charge >= 0.3 is 0 Å². The van der Waals surface area contributed by atoms with Gasteiger partial charge in [-0.3, -0.25) is 4.90 Å². The molecule has 0 amide bonds. The Labute approximate surface area is 124 Å². The maximum absolute atomic E-state index is 6.33. The molecule has 2 N–H and O–H groups in total. The topological polar surface area (TPSA) is 42.2 Å². The van der Waals surface area contributed by atoms with E-state index in [4.69, 9.17) is 5.73 Å². The predicted octanol–water partition coefficient (Wildman–Crippen LogP) is 2.63. The molecule has 106 valence electrons. The van der Waals surface area contributed by atoms with Crippen molar-refractivity contribution >= 4 is 11.3 Å². The van der Waals surface area contributed by atoms with Gasteiger partial charge in [0.1, 0.15) is 0 Å². The highest BCUT2D eigenvalue weighted by Gasteiger charge is 2.31. The third-order valence-corrected chi connectivity index (χ3v) is 5.08. The number of hydrogen-bond acceptors (Lipinski definition) is 4. The Morgan fingerprint density at radius 3 is 2.80 bits per heavy atom. The molecule has 3 nitrogen and oxygen atoms in total. The second-order valence-electron chi connectivity index (χ2n) is 5.45. The number of rotatable bonds is 4. The van der Waals surface area contributed by atoms with Crippen LogP contribution < -0.4 is 5.73 Å². The molecule has 2 aromatic rings. The number of benzene rings is 1. The summed E-state index contributed by atoms with van der Waals surface area (Å²) >= 11 is 1.82. The van der Waals surface area contributed by atoms with Gasteiger partial charge in [0.15, 0.2) is 0 Å². The van der Waals surface area contributed by atoms with Crippen molar-refractivity contribution in [1.82, 2.24) is 9.88 Å². The molecule has 20 heavy (non-hydrogen) atoms. The van der Waals surface area contributed by atoms with E-state index in [2.05, 4.69) is 47.1 Å². The molecule has 0 unspecified atom stereocenters. The summed E-state index contributed by atoms with van der Waals surface area (Å²) in [6.45, 7) is 5.15. The monoisotopic (exact) mass is 287 g/mol. The molecule has 0 radical (unpaired) electrons. The number of hydrogen-bond donors (Lipinski definition) is 1. The fourth-order valence-corrected chi connectivity index (χ4v) is 3.81. The average Bonchev–Trinajstić information content (AvgIpc) is 3.07. The summed E-state index contributed by atoms with van der Waals surface area (Å²) < 4.78 is 0. The average molecular weight is 287 g/mol. The number of thiazole rings is 1. The zero-order valence-electron chi connectivity index (χ0n) is 11.8. The van der Waals surface area contributed by atoms with Gasteiger partial charge in [-0.1, -0.05) is 37.3 Å². The summed E-state index contributed by atoms with van der Waals surface area (Å²) in [6.07, 6.45) is 3.04. The smallest absolute Gasteiger partial charge is 0.0925 e. The van der Waals surface area contributed by atoms with Gasteiger partial charge in [-0.2, -0.15) is 0 Å². The van der Waals surface area contributed by atoms with E-state index in [1.165, 1.54) is 15.4 Å². The Morgan fingerprint density at radius 2 is 2.10 bits per heavy atom. The van der Waals surface area contributed by atoms with Gasteiger partial charge in [-0.25, -0.2) is 4.98 Å². The van der Waals surface area contributed by atoms with Gasteiger partial charge < -0.3 is 5.73 Å². The van der Waals surface area contributed by atoms with Crippen LogP contribution in [0.25, 0.3) is 0 Å². The van der Waals surface area contributed by atoms with Crippen LogP contribution in [0.5, 0.6) is 0 Å². The molecular formula is C16H21N3S. The highest BCUT2D eigenvalue weighted by atomic mass is 32.1. The lowest BCUT2D eigenvalue weighted by Gasteiger charge is -2.15. The molecule has 1 aromatic heterocycles. The van der Waals surface area contributed by atoms with Crippen molar-refractivity contribution < 1.29 is 0 Å². The summed E-state index contributed by atoms with van der Waals surface area (Å²) in [5, 5.41) is 1.23. The first-order valence-electron chi connectivity index (χ1n) is 7.22. The van der Waals surface area contributed by atoms with E-state index in [0.717, 1.165) is 26.1 Å². The van der Waals surface area contributed by atoms with Crippen LogP contribution in [0.1, 0.15) is 28.3 Å². The molecule has 2 atom stereocenters. The van der Waals surface area contributed by atoms with E-state index in [1.807, 2.05) is 17.5 Å². The fourth-order valence-electron chi connectivity index (χ4n) is 2.90. The Morgan fingerprint density at radius 1 is 1.30 bits per heavy atom. The lowest BCUT2D eigenvalue weighted by molar-refractivity contribution is 0.326. The molecule has 1 fully saturated rings. The van der Waals surface area contributed by atoms with Crippen LogP contribution in [0, 0.1) is 0 Å². The van der Waals surface area contributed by atoms with Crippen LogP contribution in [-0.2, 0) is 13.0 Å². The maximum atomic E-state index is 6.33. The number of nitrogens with zero attached hydrogens (tertiary/aromatic N) is 2. The van der Waals surface area contributed by atoms with E-state index in [9.17, 15) is 0 Å². The minimum absolute atomic E-state index is 0.232. The second-order valence-corrected chi connectivity index (χ2v) is 6.65. The number of likely N-dealkylation sites (tertiary alicyclic amines) is 1. The lowest BCUT2D eigenvalue weighted by Crippen LogP contribution is -2.28. The highest BCUT2D eigenvalue weighted by molar-refractivity contribution is 7.11. The van der Waals surface area contributed by atoms with E-state index in [1.54, 1.807) is 0 Å². The predicted molar refractivity (Wildman–Crippen MR) is 83.9 cm³/mol. The van der Waals surface area contributed by atoms with E-state index < -0.39 is 0 Å². The van der Waals surface area contributed by atoms with Crippen LogP contribution in [0.2, 0.25) is 0 Å². The molecule has 3 rings (SSSR count). The van der Waals surface area contributed by atoms with Crippen molar-refractivity contribution in [3.05, 3.63) is 52.0 Å². The number of aryl methyl sites for hydroxylation is 1. The molecule has 0 aliphatic carbocycles. The molecule has 0 saturated carbocycles. The molecule has 1 aromatic carbocycles.